The molecule has 1 amide bonds. The molecule has 1 aromatic carbocycles. The third kappa shape index (κ3) is 2.14. The van der Waals surface area contributed by atoms with Crippen molar-refractivity contribution >= 4 is 46.5 Å². The number of pyridine rings is 1. The summed E-state index contributed by atoms with van der Waals surface area (Å²) in [5.74, 6) is 0.278. The number of para-hydroxylation sites is 2. The van der Waals surface area contributed by atoms with Crippen LogP contribution < -0.4 is 5.32 Å². The van der Waals surface area contributed by atoms with Crippen LogP contribution in [0.15, 0.2) is 41.4 Å². The van der Waals surface area contributed by atoms with Gasteiger partial charge in [0.15, 0.2) is 0 Å². The summed E-state index contributed by atoms with van der Waals surface area (Å²) in [7, 11) is 0. The van der Waals surface area contributed by atoms with Gasteiger partial charge in [-0.2, -0.15) is 0 Å². The molecule has 4 rings (SSSR count). The number of amides is 1. The van der Waals surface area contributed by atoms with E-state index in [2.05, 4.69) is 25.3 Å². The number of H-pyrrole nitrogens is 1. The van der Waals surface area contributed by atoms with Gasteiger partial charge in [-0.3, -0.25) is 4.79 Å². The van der Waals surface area contributed by atoms with Crippen LogP contribution in [0.2, 0.25) is 5.15 Å². The molecule has 0 fully saturated rings. The SMILES string of the molecule is O=C1Nc2nc(Cl)ccc2C1C=Nc1nc2ccccc2[nH]1. The van der Waals surface area contributed by atoms with Crippen LogP contribution >= 0.6 is 11.6 Å². The highest BCUT2D eigenvalue weighted by Gasteiger charge is 2.30. The van der Waals surface area contributed by atoms with Crippen LogP contribution in [0.3, 0.4) is 0 Å². The molecule has 2 aromatic heterocycles. The third-order valence-electron chi connectivity index (χ3n) is 3.47. The molecule has 6 nitrogen and oxygen atoms in total. The Kier molecular flexibility index (Phi) is 2.90. The van der Waals surface area contributed by atoms with E-state index in [4.69, 9.17) is 11.6 Å². The summed E-state index contributed by atoms with van der Waals surface area (Å²) in [6, 6.07) is 11.1. The number of hydrogen-bond donors (Lipinski definition) is 2. The number of hydrogen-bond acceptors (Lipinski definition) is 4. The number of rotatable bonds is 2. The maximum absolute atomic E-state index is 12.0. The van der Waals surface area contributed by atoms with E-state index < -0.39 is 5.92 Å². The number of aliphatic imine (C=N–C) groups is 1. The van der Waals surface area contributed by atoms with E-state index in [0.29, 0.717) is 16.9 Å². The highest BCUT2D eigenvalue weighted by Crippen LogP contribution is 2.31. The van der Waals surface area contributed by atoms with Crippen molar-refractivity contribution in [1.29, 1.82) is 0 Å². The molecule has 22 heavy (non-hydrogen) atoms. The molecule has 0 aliphatic carbocycles. The molecular formula is C15H10ClN5O. The zero-order valence-electron chi connectivity index (χ0n) is 11.2. The first-order chi connectivity index (χ1) is 10.7. The van der Waals surface area contributed by atoms with E-state index in [9.17, 15) is 4.79 Å². The Hall–Kier alpha value is -2.73. The van der Waals surface area contributed by atoms with E-state index >= 15 is 0 Å². The van der Waals surface area contributed by atoms with Crippen LogP contribution in [0.4, 0.5) is 11.8 Å². The standard InChI is InChI=1S/C15H10ClN5O/c16-12-6-5-8-9(14(22)21-13(8)20-12)7-17-15-18-10-3-1-2-4-11(10)19-15/h1-7,9H,(H,18,19)(H,20,21,22). The van der Waals surface area contributed by atoms with E-state index in [0.717, 1.165) is 16.6 Å². The number of carbonyl (C=O) groups excluding carboxylic acids is 1. The monoisotopic (exact) mass is 311 g/mol. The fraction of sp³-hybridized carbons (Fsp3) is 0.0667. The maximum atomic E-state index is 12.0. The molecule has 3 heterocycles. The van der Waals surface area contributed by atoms with Gasteiger partial charge in [-0.25, -0.2) is 15.0 Å². The van der Waals surface area contributed by atoms with Crippen LogP contribution in [0.1, 0.15) is 11.5 Å². The lowest BCUT2D eigenvalue weighted by atomic mass is 10.0. The van der Waals surface area contributed by atoms with Crippen LogP contribution in [0, 0.1) is 0 Å². The lowest BCUT2D eigenvalue weighted by molar-refractivity contribution is -0.115. The molecule has 7 heteroatoms. The Morgan fingerprint density at radius 3 is 2.91 bits per heavy atom. The number of benzene rings is 1. The lowest BCUT2D eigenvalue weighted by Crippen LogP contribution is -2.13. The number of aromatic nitrogens is 3. The molecular weight excluding hydrogens is 302 g/mol. The van der Waals surface area contributed by atoms with Crippen LogP contribution in [-0.2, 0) is 4.79 Å². The average Bonchev–Trinajstić information content (AvgIpc) is 3.04. The van der Waals surface area contributed by atoms with E-state index in [1.807, 2.05) is 24.3 Å². The number of nitrogens with one attached hydrogen (secondary N) is 2. The minimum atomic E-state index is -0.493. The fourth-order valence-corrected chi connectivity index (χ4v) is 2.57. The highest BCUT2D eigenvalue weighted by atomic mass is 35.5. The van der Waals surface area contributed by atoms with Crippen molar-refractivity contribution in [3.8, 4) is 0 Å². The zero-order valence-corrected chi connectivity index (χ0v) is 12.0. The summed E-state index contributed by atoms with van der Waals surface area (Å²) in [5.41, 5.74) is 2.49. The van der Waals surface area contributed by atoms with Crippen LogP contribution in [-0.4, -0.2) is 27.1 Å². The molecule has 3 aromatic rings. The molecule has 2 N–H and O–H groups in total. The smallest absolute Gasteiger partial charge is 0.238 e. The summed E-state index contributed by atoms with van der Waals surface area (Å²) in [6.07, 6.45) is 1.56. The molecule has 1 unspecified atom stereocenters. The van der Waals surface area contributed by atoms with Gasteiger partial charge in [0.05, 0.1) is 11.0 Å². The number of carbonyl (C=O) groups is 1. The number of imidazole rings is 1. The number of aromatic amines is 1. The molecule has 1 atom stereocenters. The average molecular weight is 312 g/mol. The summed E-state index contributed by atoms with van der Waals surface area (Å²) in [5, 5.41) is 3.04. The van der Waals surface area contributed by atoms with Crippen molar-refractivity contribution in [1.82, 2.24) is 15.0 Å². The van der Waals surface area contributed by atoms with Gasteiger partial charge < -0.3 is 10.3 Å². The predicted octanol–water partition coefficient (Wildman–Crippen LogP) is 3.05. The molecule has 0 spiro atoms. The largest absolute Gasteiger partial charge is 0.322 e. The van der Waals surface area contributed by atoms with Gasteiger partial charge in [-0.1, -0.05) is 29.8 Å². The van der Waals surface area contributed by atoms with Gasteiger partial charge in [0.25, 0.3) is 0 Å². The van der Waals surface area contributed by atoms with Crippen molar-refractivity contribution in [2.45, 2.75) is 5.92 Å². The Morgan fingerprint density at radius 1 is 1.18 bits per heavy atom. The first-order valence-electron chi connectivity index (χ1n) is 6.67. The van der Waals surface area contributed by atoms with Gasteiger partial charge >= 0.3 is 0 Å². The van der Waals surface area contributed by atoms with Crippen LogP contribution in [0.5, 0.6) is 0 Å². The van der Waals surface area contributed by atoms with E-state index in [1.54, 1.807) is 18.3 Å². The highest BCUT2D eigenvalue weighted by molar-refractivity contribution is 6.29. The molecule has 0 saturated heterocycles. The molecule has 0 bridgehead atoms. The Balaban J connectivity index is 1.67. The molecule has 1 aliphatic rings. The Bertz CT molecular complexity index is 884. The second-order valence-corrected chi connectivity index (χ2v) is 5.28. The van der Waals surface area contributed by atoms with Gasteiger partial charge in [-0.05, 0) is 18.2 Å². The van der Waals surface area contributed by atoms with Crippen molar-refractivity contribution in [3.63, 3.8) is 0 Å². The van der Waals surface area contributed by atoms with Crippen molar-refractivity contribution in [3.05, 3.63) is 47.1 Å². The Labute approximate surface area is 130 Å². The van der Waals surface area contributed by atoms with Gasteiger partial charge in [0.1, 0.15) is 16.9 Å². The van der Waals surface area contributed by atoms with Crippen molar-refractivity contribution in [2.24, 2.45) is 4.99 Å². The first kappa shape index (κ1) is 13.0. The summed E-state index contributed by atoms with van der Waals surface area (Å²) >= 11 is 5.83. The molecule has 1 aliphatic heterocycles. The van der Waals surface area contributed by atoms with E-state index in [-0.39, 0.29) is 5.91 Å². The minimum Gasteiger partial charge on any atom is -0.322 e. The normalized spacial score (nSPS) is 17.1. The zero-order chi connectivity index (χ0) is 15.1. The maximum Gasteiger partial charge on any atom is 0.238 e. The predicted molar refractivity (Wildman–Crippen MR) is 84.9 cm³/mol. The quantitative estimate of drug-likeness (QED) is 0.563. The van der Waals surface area contributed by atoms with Crippen molar-refractivity contribution in [2.75, 3.05) is 5.32 Å². The van der Waals surface area contributed by atoms with Crippen molar-refractivity contribution < 1.29 is 4.79 Å². The summed E-state index contributed by atoms with van der Waals surface area (Å²) < 4.78 is 0. The topological polar surface area (TPSA) is 83.0 Å². The van der Waals surface area contributed by atoms with Gasteiger partial charge in [0.2, 0.25) is 11.9 Å². The summed E-state index contributed by atoms with van der Waals surface area (Å²) in [6.45, 7) is 0. The van der Waals surface area contributed by atoms with Gasteiger partial charge in [-0.15, -0.1) is 0 Å². The fourth-order valence-electron chi connectivity index (χ4n) is 2.43. The number of halogens is 1. The first-order valence-corrected chi connectivity index (χ1v) is 7.05. The van der Waals surface area contributed by atoms with Gasteiger partial charge in [0, 0.05) is 11.8 Å². The molecule has 108 valence electrons. The number of nitrogens with zero attached hydrogens (tertiary/aromatic N) is 3. The lowest BCUT2D eigenvalue weighted by Gasteiger charge is -2.00. The Morgan fingerprint density at radius 2 is 2.05 bits per heavy atom. The minimum absolute atomic E-state index is 0.176. The molecule has 0 saturated carbocycles. The number of anilines is 1. The second-order valence-electron chi connectivity index (χ2n) is 4.89. The number of fused-ring (bicyclic) bond motifs is 2. The van der Waals surface area contributed by atoms with E-state index in [1.165, 1.54) is 0 Å². The second kappa shape index (κ2) is 4.92. The molecule has 0 radical (unpaired) electrons. The van der Waals surface area contributed by atoms with Crippen LogP contribution in [0.25, 0.3) is 11.0 Å². The third-order valence-corrected chi connectivity index (χ3v) is 3.68. The summed E-state index contributed by atoms with van der Waals surface area (Å²) in [4.78, 5) is 27.8.